The second-order valence-electron chi connectivity index (χ2n) is 5.41. The minimum absolute atomic E-state index is 0.0578. The molecule has 0 radical (unpaired) electrons. The Balaban J connectivity index is 2.81. The van der Waals surface area contributed by atoms with Crippen LogP contribution in [0.1, 0.15) is 46.4 Å². The number of rotatable bonds is 5. The fraction of sp³-hybridized carbons (Fsp3) is 0.769. The van der Waals surface area contributed by atoms with Gasteiger partial charge in [-0.2, -0.15) is 0 Å². The third-order valence-electron chi connectivity index (χ3n) is 3.33. The number of imidazole rings is 1. The Bertz CT molecular complexity index is 305. The zero-order valence-corrected chi connectivity index (χ0v) is 11.1. The van der Waals surface area contributed by atoms with E-state index in [2.05, 4.69) is 37.2 Å². The van der Waals surface area contributed by atoms with E-state index < -0.39 is 0 Å². The summed E-state index contributed by atoms with van der Waals surface area (Å²) < 4.78 is 2.20. The standard InChI is InChI=1S/C13H25N3/c1-9(2)12(10(3)4)7-16-8-15-6-13(16)11(5)14/h6,8-12H,7,14H2,1-5H3. The second kappa shape index (κ2) is 5.48. The minimum Gasteiger partial charge on any atom is -0.333 e. The number of aromatic nitrogens is 2. The van der Waals surface area contributed by atoms with Crippen molar-refractivity contribution < 1.29 is 0 Å². The van der Waals surface area contributed by atoms with Gasteiger partial charge in [0.2, 0.25) is 0 Å². The highest BCUT2D eigenvalue weighted by Crippen LogP contribution is 2.23. The van der Waals surface area contributed by atoms with Crippen molar-refractivity contribution in [2.24, 2.45) is 23.5 Å². The molecular formula is C13H25N3. The lowest BCUT2D eigenvalue weighted by molar-refractivity contribution is 0.248. The predicted octanol–water partition coefficient (Wildman–Crippen LogP) is 2.83. The SMILES string of the molecule is CC(N)c1cncn1CC(C(C)C)C(C)C. The summed E-state index contributed by atoms with van der Waals surface area (Å²) in [5.74, 6) is 2.04. The molecule has 3 heteroatoms. The highest BCUT2D eigenvalue weighted by Gasteiger charge is 2.19. The Kier molecular flexibility index (Phi) is 4.54. The van der Waals surface area contributed by atoms with Gasteiger partial charge in [0.1, 0.15) is 0 Å². The summed E-state index contributed by atoms with van der Waals surface area (Å²) in [5, 5.41) is 0. The summed E-state index contributed by atoms with van der Waals surface area (Å²) in [6.07, 6.45) is 3.78. The topological polar surface area (TPSA) is 43.8 Å². The highest BCUT2D eigenvalue weighted by molar-refractivity contribution is 5.03. The molecule has 0 fully saturated rings. The molecule has 3 nitrogen and oxygen atoms in total. The lowest BCUT2D eigenvalue weighted by Gasteiger charge is -2.26. The maximum Gasteiger partial charge on any atom is 0.0948 e. The molecule has 0 spiro atoms. The molecule has 0 saturated heterocycles. The van der Waals surface area contributed by atoms with Crippen LogP contribution in [0.4, 0.5) is 0 Å². The monoisotopic (exact) mass is 223 g/mol. The minimum atomic E-state index is 0.0578. The first-order chi connectivity index (χ1) is 7.43. The third kappa shape index (κ3) is 3.08. The van der Waals surface area contributed by atoms with Crippen LogP contribution >= 0.6 is 0 Å². The number of hydrogen-bond acceptors (Lipinski definition) is 2. The maximum absolute atomic E-state index is 5.93. The van der Waals surface area contributed by atoms with Crippen LogP contribution in [0.15, 0.2) is 12.5 Å². The van der Waals surface area contributed by atoms with Gasteiger partial charge >= 0.3 is 0 Å². The van der Waals surface area contributed by atoms with E-state index >= 15 is 0 Å². The molecule has 0 amide bonds. The molecule has 1 unspecified atom stereocenters. The lowest BCUT2D eigenvalue weighted by atomic mass is 9.85. The van der Waals surface area contributed by atoms with Crippen molar-refractivity contribution in [1.29, 1.82) is 0 Å². The van der Waals surface area contributed by atoms with Crippen molar-refractivity contribution >= 4 is 0 Å². The van der Waals surface area contributed by atoms with E-state index in [0.717, 1.165) is 12.2 Å². The molecule has 0 aliphatic rings. The Labute approximate surface area is 99.1 Å². The largest absolute Gasteiger partial charge is 0.333 e. The Morgan fingerprint density at radius 1 is 1.19 bits per heavy atom. The lowest BCUT2D eigenvalue weighted by Crippen LogP contribution is -2.23. The van der Waals surface area contributed by atoms with Gasteiger partial charge in [-0.05, 0) is 24.7 Å². The van der Waals surface area contributed by atoms with E-state index in [1.54, 1.807) is 0 Å². The van der Waals surface area contributed by atoms with Crippen LogP contribution in [0.3, 0.4) is 0 Å². The predicted molar refractivity (Wildman–Crippen MR) is 68.0 cm³/mol. The fourth-order valence-electron chi connectivity index (χ4n) is 2.28. The quantitative estimate of drug-likeness (QED) is 0.834. The van der Waals surface area contributed by atoms with Crippen molar-refractivity contribution in [3.8, 4) is 0 Å². The maximum atomic E-state index is 5.93. The van der Waals surface area contributed by atoms with E-state index in [9.17, 15) is 0 Å². The van der Waals surface area contributed by atoms with Crippen LogP contribution in [0.2, 0.25) is 0 Å². The van der Waals surface area contributed by atoms with Gasteiger partial charge in [-0.15, -0.1) is 0 Å². The van der Waals surface area contributed by atoms with Crippen molar-refractivity contribution in [2.45, 2.75) is 47.2 Å². The van der Waals surface area contributed by atoms with E-state index in [4.69, 9.17) is 5.73 Å². The average molecular weight is 223 g/mol. The van der Waals surface area contributed by atoms with Gasteiger partial charge in [-0.1, -0.05) is 27.7 Å². The first kappa shape index (κ1) is 13.2. The van der Waals surface area contributed by atoms with Gasteiger partial charge in [0.15, 0.2) is 0 Å². The molecule has 0 saturated carbocycles. The summed E-state index contributed by atoms with van der Waals surface area (Å²) in [6.45, 7) is 12.2. The summed E-state index contributed by atoms with van der Waals surface area (Å²) in [6, 6.07) is 0.0578. The zero-order valence-electron chi connectivity index (χ0n) is 11.1. The third-order valence-corrected chi connectivity index (χ3v) is 3.33. The van der Waals surface area contributed by atoms with Crippen LogP contribution in [0, 0.1) is 17.8 Å². The van der Waals surface area contributed by atoms with E-state index in [-0.39, 0.29) is 6.04 Å². The molecule has 0 aliphatic heterocycles. The molecule has 0 aromatic carbocycles. The van der Waals surface area contributed by atoms with Crippen molar-refractivity contribution in [1.82, 2.24) is 9.55 Å². The van der Waals surface area contributed by atoms with Crippen LogP contribution in [-0.2, 0) is 6.54 Å². The molecule has 0 bridgehead atoms. The van der Waals surface area contributed by atoms with Crippen LogP contribution in [0.25, 0.3) is 0 Å². The Hall–Kier alpha value is -0.830. The number of hydrogen-bond donors (Lipinski definition) is 1. The van der Waals surface area contributed by atoms with E-state index in [1.165, 1.54) is 0 Å². The van der Waals surface area contributed by atoms with Gasteiger partial charge in [0.25, 0.3) is 0 Å². The molecule has 1 aromatic rings. The van der Waals surface area contributed by atoms with Crippen molar-refractivity contribution in [2.75, 3.05) is 0 Å². The van der Waals surface area contributed by atoms with Crippen molar-refractivity contribution in [3.05, 3.63) is 18.2 Å². The van der Waals surface area contributed by atoms with Crippen molar-refractivity contribution in [3.63, 3.8) is 0 Å². The number of nitrogens with zero attached hydrogens (tertiary/aromatic N) is 2. The molecule has 2 N–H and O–H groups in total. The van der Waals surface area contributed by atoms with Crippen LogP contribution in [0.5, 0.6) is 0 Å². The molecule has 1 heterocycles. The van der Waals surface area contributed by atoms with Crippen LogP contribution < -0.4 is 5.73 Å². The fourth-order valence-corrected chi connectivity index (χ4v) is 2.28. The molecule has 92 valence electrons. The van der Waals surface area contributed by atoms with Gasteiger partial charge in [-0.3, -0.25) is 0 Å². The van der Waals surface area contributed by atoms with Gasteiger partial charge in [0, 0.05) is 18.8 Å². The normalized spacial score (nSPS) is 14.1. The Morgan fingerprint density at radius 3 is 2.19 bits per heavy atom. The molecule has 1 rings (SSSR count). The van der Waals surface area contributed by atoms with Gasteiger partial charge < -0.3 is 10.3 Å². The van der Waals surface area contributed by atoms with E-state index in [0.29, 0.717) is 17.8 Å². The molecule has 1 atom stereocenters. The summed E-state index contributed by atoms with van der Waals surface area (Å²) >= 11 is 0. The highest BCUT2D eigenvalue weighted by atomic mass is 15.1. The molecule has 0 aliphatic carbocycles. The smallest absolute Gasteiger partial charge is 0.0948 e. The first-order valence-corrected chi connectivity index (χ1v) is 6.19. The zero-order chi connectivity index (χ0) is 12.3. The molecule has 16 heavy (non-hydrogen) atoms. The number of nitrogens with two attached hydrogens (primary N) is 1. The Morgan fingerprint density at radius 2 is 1.75 bits per heavy atom. The average Bonchev–Trinajstić information content (AvgIpc) is 2.60. The first-order valence-electron chi connectivity index (χ1n) is 6.19. The molecule has 1 aromatic heterocycles. The molecular weight excluding hydrogens is 198 g/mol. The second-order valence-corrected chi connectivity index (χ2v) is 5.41. The van der Waals surface area contributed by atoms with Gasteiger partial charge in [-0.25, -0.2) is 4.98 Å². The van der Waals surface area contributed by atoms with E-state index in [1.807, 2.05) is 19.4 Å². The summed E-state index contributed by atoms with van der Waals surface area (Å²) in [7, 11) is 0. The van der Waals surface area contributed by atoms with Crippen LogP contribution in [-0.4, -0.2) is 9.55 Å². The summed E-state index contributed by atoms with van der Waals surface area (Å²) in [5.41, 5.74) is 7.06. The summed E-state index contributed by atoms with van der Waals surface area (Å²) in [4.78, 5) is 4.20. The van der Waals surface area contributed by atoms with Gasteiger partial charge in [0.05, 0.1) is 12.0 Å².